The minimum atomic E-state index is 0.394. The summed E-state index contributed by atoms with van der Waals surface area (Å²) in [6.45, 7) is 13.1. The predicted octanol–water partition coefficient (Wildman–Crippen LogP) is 3.63. The van der Waals surface area contributed by atoms with Gasteiger partial charge in [0.2, 0.25) is 0 Å². The van der Waals surface area contributed by atoms with Gasteiger partial charge in [-0.15, -0.1) is 0 Å². The number of rotatable bonds is 7. The first kappa shape index (κ1) is 18.2. The maximum atomic E-state index is 5.96. The highest BCUT2D eigenvalue weighted by Crippen LogP contribution is 2.31. The van der Waals surface area contributed by atoms with Crippen molar-refractivity contribution in [3.05, 3.63) is 0 Å². The zero-order valence-corrected chi connectivity index (χ0v) is 15.4. The molecule has 0 amide bonds. The molecule has 3 heteroatoms. The van der Waals surface area contributed by atoms with Crippen molar-refractivity contribution in [3.63, 3.8) is 0 Å². The average molecular weight is 311 g/mol. The predicted molar refractivity (Wildman–Crippen MR) is 94.3 cm³/mol. The van der Waals surface area contributed by atoms with Gasteiger partial charge in [0.15, 0.2) is 0 Å². The average Bonchev–Trinajstić information content (AvgIpc) is 2.48. The maximum Gasteiger partial charge on any atom is 0.0578 e. The van der Waals surface area contributed by atoms with Crippen molar-refractivity contribution in [3.8, 4) is 0 Å². The zero-order valence-electron chi connectivity index (χ0n) is 15.4. The third-order valence-electron chi connectivity index (χ3n) is 5.49. The van der Waals surface area contributed by atoms with Crippen LogP contribution in [0.25, 0.3) is 0 Å². The van der Waals surface area contributed by atoms with Crippen LogP contribution in [0.4, 0.5) is 0 Å². The number of nitrogens with zero attached hydrogens (tertiary/aromatic N) is 2. The Kier molecular flexibility index (Phi) is 7.66. The molecule has 2 rings (SSSR count). The normalized spacial score (nSPS) is 29.9. The summed E-state index contributed by atoms with van der Waals surface area (Å²) in [6.07, 6.45) is 9.13. The minimum absolute atomic E-state index is 0.394. The lowest BCUT2D eigenvalue weighted by Crippen LogP contribution is -2.45. The van der Waals surface area contributed by atoms with E-state index in [0.29, 0.717) is 12.2 Å². The van der Waals surface area contributed by atoms with Crippen LogP contribution in [0.1, 0.15) is 59.3 Å². The maximum absolute atomic E-state index is 5.96. The van der Waals surface area contributed by atoms with E-state index in [2.05, 4.69) is 37.6 Å². The molecule has 1 saturated carbocycles. The highest BCUT2D eigenvalue weighted by atomic mass is 16.5. The van der Waals surface area contributed by atoms with E-state index < -0.39 is 0 Å². The van der Waals surface area contributed by atoms with Gasteiger partial charge >= 0.3 is 0 Å². The van der Waals surface area contributed by atoms with E-state index in [9.17, 15) is 0 Å². The van der Waals surface area contributed by atoms with Crippen molar-refractivity contribution in [1.29, 1.82) is 0 Å². The van der Waals surface area contributed by atoms with Crippen molar-refractivity contribution >= 4 is 0 Å². The zero-order chi connectivity index (χ0) is 15.9. The minimum Gasteiger partial charge on any atom is -0.376 e. The van der Waals surface area contributed by atoms with Crippen molar-refractivity contribution in [2.75, 3.05) is 39.8 Å². The van der Waals surface area contributed by atoms with Crippen LogP contribution in [0.5, 0.6) is 0 Å². The van der Waals surface area contributed by atoms with Gasteiger partial charge in [-0.3, -0.25) is 0 Å². The molecule has 0 unspecified atom stereocenters. The van der Waals surface area contributed by atoms with Gasteiger partial charge in [0, 0.05) is 32.7 Å². The number of hydrogen-bond acceptors (Lipinski definition) is 3. The molecule has 0 N–H and O–H groups in total. The van der Waals surface area contributed by atoms with E-state index in [-0.39, 0.29) is 0 Å². The molecule has 1 aliphatic heterocycles. The van der Waals surface area contributed by atoms with Crippen LogP contribution in [0.3, 0.4) is 0 Å². The fourth-order valence-electron chi connectivity index (χ4n) is 4.02. The lowest BCUT2D eigenvalue weighted by atomic mass is 9.83. The van der Waals surface area contributed by atoms with Crippen molar-refractivity contribution in [1.82, 2.24) is 9.80 Å². The molecule has 0 bridgehead atoms. The molecule has 0 aromatic rings. The topological polar surface area (TPSA) is 15.7 Å². The summed E-state index contributed by atoms with van der Waals surface area (Å²) < 4.78 is 5.96. The van der Waals surface area contributed by atoms with Crippen molar-refractivity contribution in [2.45, 2.75) is 71.5 Å². The lowest BCUT2D eigenvalue weighted by Gasteiger charge is -2.34. The molecular weight excluding hydrogens is 272 g/mol. The molecule has 22 heavy (non-hydrogen) atoms. The van der Waals surface area contributed by atoms with Crippen molar-refractivity contribution < 1.29 is 4.74 Å². The summed E-state index contributed by atoms with van der Waals surface area (Å²) in [5.74, 6) is 1.81. The molecule has 130 valence electrons. The van der Waals surface area contributed by atoms with E-state index in [4.69, 9.17) is 4.74 Å². The van der Waals surface area contributed by atoms with Crippen LogP contribution in [0.15, 0.2) is 0 Å². The third kappa shape index (κ3) is 6.55. The van der Waals surface area contributed by atoms with Gasteiger partial charge in [-0.25, -0.2) is 0 Å². The second-order valence-electron chi connectivity index (χ2n) is 8.11. The fourth-order valence-corrected chi connectivity index (χ4v) is 4.02. The number of likely N-dealkylation sites (N-methyl/N-ethyl adjacent to an activating group) is 1. The molecule has 1 atom stereocenters. The Labute approximate surface area is 138 Å². The quantitative estimate of drug-likeness (QED) is 0.714. The molecule has 0 radical (unpaired) electrons. The molecule has 1 saturated heterocycles. The van der Waals surface area contributed by atoms with Crippen LogP contribution in [0, 0.1) is 11.8 Å². The first-order valence-electron chi connectivity index (χ1n) is 9.59. The number of ether oxygens (including phenoxy) is 1. The first-order chi connectivity index (χ1) is 10.5. The monoisotopic (exact) mass is 310 g/mol. The summed E-state index contributed by atoms with van der Waals surface area (Å²) in [5.41, 5.74) is 0. The van der Waals surface area contributed by atoms with Gasteiger partial charge in [-0.2, -0.15) is 0 Å². The molecule has 1 aliphatic carbocycles. The van der Waals surface area contributed by atoms with Crippen LogP contribution in [-0.4, -0.2) is 61.8 Å². The standard InChI is InChI=1S/C19H38N2O/c1-16(2)22-19-9-7-18(8-10-19)6-5-17(3)15-21-13-11-20(4)12-14-21/h16-19H,5-15H2,1-4H3/t17-,18-,19-/m1/s1. The first-order valence-corrected chi connectivity index (χ1v) is 9.59. The third-order valence-corrected chi connectivity index (χ3v) is 5.49. The summed E-state index contributed by atoms with van der Waals surface area (Å²) in [4.78, 5) is 5.11. The molecule has 2 aliphatic rings. The van der Waals surface area contributed by atoms with Gasteiger partial charge in [-0.05, 0) is 64.8 Å². The van der Waals surface area contributed by atoms with E-state index >= 15 is 0 Å². The van der Waals surface area contributed by atoms with Gasteiger partial charge < -0.3 is 14.5 Å². The fraction of sp³-hybridized carbons (Fsp3) is 1.00. The second-order valence-corrected chi connectivity index (χ2v) is 8.11. The molecular formula is C19H38N2O. The van der Waals surface area contributed by atoms with Gasteiger partial charge in [0.25, 0.3) is 0 Å². The van der Waals surface area contributed by atoms with E-state index in [1.165, 1.54) is 71.2 Å². The van der Waals surface area contributed by atoms with Crippen LogP contribution in [-0.2, 0) is 4.74 Å². The Morgan fingerprint density at radius 3 is 2.18 bits per heavy atom. The van der Waals surface area contributed by atoms with Crippen LogP contribution in [0.2, 0.25) is 0 Å². The molecule has 0 spiro atoms. The molecule has 2 fully saturated rings. The van der Waals surface area contributed by atoms with Crippen LogP contribution < -0.4 is 0 Å². The highest BCUT2D eigenvalue weighted by molar-refractivity contribution is 4.76. The molecule has 0 aromatic carbocycles. The summed E-state index contributed by atoms with van der Waals surface area (Å²) in [7, 11) is 2.24. The van der Waals surface area contributed by atoms with E-state index in [1.807, 2.05) is 0 Å². The number of hydrogen-bond donors (Lipinski definition) is 0. The summed E-state index contributed by atoms with van der Waals surface area (Å²) >= 11 is 0. The van der Waals surface area contributed by atoms with Crippen molar-refractivity contribution in [2.24, 2.45) is 11.8 Å². The Morgan fingerprint density at radius 2 is 1.59 bits per heavy atom. The van der Waals surface area contributed by atoms with E-state index in [1.54, 1.807) is 0 Å². The number of piperazine rings is 1. The van der Waals surface area contributed by atoms with Gasteiger partial charge in [-0.1, -0.05) is 13.3 Å². The lowest BCUT2D eigenvalue weighted by molar-refractivity contribution is -0.0206. The Balaban J connectivity index is 1.56. The Bertz CT molecular complexity index is 292. The second kappa shape index (κ2) is 9.24. The SMILES string of the molecule is CC(C)O[C@H]1CC[C@H](CC[C@@H](C)CN2CCN(C)CC2)CC1. The van der Waals surface area contributed by atoms with E-state index in [0.717, 1.165) is 11.8 Å². The summed E-state index contributed by atoms with van der Waals surface area (Å²) in [5, 5.41) is 0. The Morgan fingerprint density at radius 1 is 0.955 bits per heavy atom. The smallest absolute Gasteiger partial charge is 0.0578 e. The molecule has 0 aromatic heterocycles. The van der Waals surface area contributed by atoms with Crippen LogP contribution >= 0.6 is 0 Å². The largest absolute Gasteiger partial charge is 0.376 e. The van der Waals surface area contributed by atoms with Gasteiger partial charge in [0.05, 0.1) is 12.2 Å². The molecule has 1 heterocycles. The summed E-state index contributed by atoms with van der Waals surface area (Å²) in [6, 6.07) is 0. The Hall–Kier alpha value is -0.120. The highest BCUT2D eigenvalue weighted by Gasteiger charge is 2.23. The van der Waals surface area contributed by atoms with Gasteiger partial charge in [0.1, 0.15) is 0 Å². The molecule has 3 nitrogen and oxygen atoms in total.